The van der Waals surface area contributed by atoms with Crippen molar-refractivity contribution in [2.24, 2.45) is 5.92 Å². The SMILES string of the molecule is Cc1cc(OCC(=O)O)ccc1NC(=O)C1CC1c1ccc(F)c(F)c1. The predicted octanol–water partition coefficient (Wildman–Crippen LogP) is 3.48. The first-order chi connectivity index (χ1) is 12.3. The molecule has 0 bridgehead atoms. The van der Waals surface area contributed by atoms with Gasteiger partial charge < -0.3 is 15.2 Å². The molecule has 0 saturated heterocycles. The van der Waals surface area contributed by atoms with Gasteiger partial charge in [-0.3, -0.25) is 4.79 Å². The lowest BCUT2D eigenvalue weighted by atomic mass is 10.1. The molecule has 0 spiro atoms. The van der Waals surface area contributed by atoms with E-state index in [4.69, 9.17) is 9.84 Å². The van der Waals surface area contributed by atoms with Crippen LogP contribution < -0.4 is 10.1 Å². The highest BCUT2D eigenvalue weighted by molar-refractivity contribution is 5.95. The summed E-state index contributed by atoms with van der Waals surface area (Å²) < 4.78 is 31.4. The average Bonchev–Trinajstić information content (AvgIpc) is 3.38. The minimum atomic E-state index is -1.07. The van der Waals surface area contributed by atoms with Crippen molar-refractivity contribution in [1.82, 2.24) is 0 Å². The van der Waals surface area contributed by atoms with Crippen LogP contribution in [0.1, 0.15) is 23.5 Å². The van der Waals surface area contributed by atoms with Crippen molar-refractivity contribution in [2.75, 3.05) is 11.9 Å². The number of aryl methyl sites for hydroxylation is 1. The fourth-order valence-corrected chi connectivity index (χ4v) is 2.83. The molecule has 2 atom stereocenters. The van der Waals surface area contributed by atoms with E-state index in [0.717, 1.165) is 17.7 Å². The molecule has 5 nitrogen and oxygen atoms in total. The number of carbonyl (C=O) groups excluding carboxylic acids is 1. The number of ether oxygens (including phenoxy) is 1. The van der Waals surface area contributed by atoms with E-state index in [9.17, 15) is 18.4 Å². The highest BCUT2D eigenvalue weighted by Gasteiger charge is 2.44. The molecule has 1 aliphatic rings. The van der Waals surface area contributed by atoms with Crippen molar-refractivity contribution < 1.29 is 28.2 Å². The number of nitrogens with one attached hydrogen (secondary N) is 1. The number of anilines is 1. The smallest absolute Gasteiger partial charge is 0.341 e. The topological polar surface area (TPSA) is 75.6 Å². The highest BCUT2D eigenvalue weighted by atomic mass is 19.2. The molecule has 1 saturated carbocycles. The first-order valence-electron chi connectivity index (χ1n) is 8.06. The fraction of sp³-hybridized carbons (Fsp3) is 0.263. The number of carboxylic acid groups (broad SMARTS) is 1. The summed E-state index contributed by atoms with van der Waals surface area (Å²) in [5.74, 6) is -3.10. The molecule has 2 N–H and O–H groups in total. The monoisotopic (exact) mass is 361 g/mol. The van der Waals surface area contributed by atoms with E-state index in [1.165, 1.54) is 6.07 Å². The molecule has 7 heteroatoms. The largest absolute Gasteiger partial charge is 0.482 e. The lowest BCUT2D eigenvalue weighted by Gasteiger charge is -2.11. The summed E-state index contributed by atoms with van der Waals surface area (Å²) in [7, 11) is 0. The van der Waals surface area contributed by atoms with Crippen LogP contribution in [0.3, 0.4) is 0 Å². The Morgan fingerprint density at radius 3 is 2.62 bits per heavy atom. The lowest BCUT2D eigenvalue weighted by Crippen LogP contribution is -2.15. The van der Waals surface area contributed by atoms with E-state index in [-0.39, 0.29) is 17.7 Å². The molecule has 2 unspecified atom stereocenters. The number of benzene rings is 2. The molecule has 136 valence electrons. The van der Waals surface area contributed by atoms with Crippen molar-refractivity contribution in [3.63, 3.8) is 0 Å². The summed E-state index contributed by atoms with van der Waals surface area (Å²) in [5, 5.41) is 11.4. The maximum Gasteiger partial charge on any atom is 0.341 e. The van der Waals surface area contributed by atoms with Crippen LogP contribution >= 0.6 is 0 Å². The second kappa shape index (κ2) is 7.11. The number of rotatable bonds is 6. The molecular weight excluding hydrogens is 344 g/mol. The standard InChI is InChI=1S/C19H17F2NO4/c1-10-6-12(26-9-18(23)24)3-5-17(10)22-19(25)14-8-13(14)11-2-4-15(20)16(21)7-11/h2-7,13-14H,8-9H2,1H3,(H,22,25)(H,23,24). The van der Waals surface area contributed by atoms with Crippen molar-refractivity contribution in [1.29, 1.82) is 0 Å². The number of hydrogen-bond acceptors (Lipinski definition) is 3. The summed E-state index contributed by atoms with van der Waals surface area (Å²) in [5.41, 5.74) is 1.93. The molecule has 1 amide bonds. The third-order valence-corrected chi connectivity index (χ3v) is 4.32. The first-order valence-corrected chi connectivity index (χ1v) is 8.06. The van der Waals surface area contributed by atoms with E-state index >= 15 is 0 Å². The van der Waals surface area contributed by atoms with Gasteiger partial charge in [0.2, 0.25) is 5.91 Å². The number of carbonyl (C=O) groups is 2. The second-order valence-corrected chi connectivity index (χ2v) is 6.27. The van der Waals surface area contributed by atoms with Gasteiger partial charge in [0.05, 0.1) is 0 Å². The minimum Gasteiger partial charge on any atom is -0.482 e. The molecule has 1 fully saturated rings. The summed E-state index contributed by atoms with van der Waals surface area (Å²) in [6.45, 7) is 1.33. The normalized spacial score (nSPS) is 18.3. The number of halogens is 2. The molecule has 2 aromatic carbocycles. The van der Waals surface area contributed by atoms with E-state index in [1.807, 2.05) is 0 Å². The van der Waals surface area contributed by atoms with Crippen LogP contribution in [0.4, 0.5) is 14.5 Å². The van der Waals surface area contributed by atoms with Gasteiger partial charge in [-0.1, -0.05) is 6.07 Å². The van der Waals surface area contributed by atoms with Gasteiger partial charge in [0.1, 0.15) is 5.75 Å². The third-order valence-electron chi connectivity index (χ3n) is 4.32. The van der Waals surface area contributed by atoms with Crippen LogP contribution in [0, 0.1) is 24.5 Å². The van der Waals surface area contributed by atoms with Crippen molar-refractivity contribution in [2.45, 2.75) is 19.3 Å². The van der Waals surface area contributed by atoms with Crippen LogP contribution in [0.5, 0.6) is 5.75 Å². The van der Waals surface area contributed by atoms with Crippen LogP contribution in [0.25, 0.3) is 0 Å². The third kappa shape index (κ3) is 3.99. The Kier molecular flexibility index (Phi) is 4.88. The number of amides is 1. The van der Waals surface area contributed by atoms with Crippen LogP contribution in [-0.2, 0) is 9.59 Å². The van der Waals surface area contributed by atoms with Crippen LogP contribution in [-0.4, -0.2) is 23.6 Å². The first kappa shape index (κ1) is 17.8. The molecule has 26 heavy (non-hydrogen) atoms. The van der Waals surface area contributed by atoms with Crippen LogP contribution in [0.2, 0.25) is 0 Å². The maximum atomic E-state index is 13.3. The van der Waals surface area contributed by atoms with Gasteiger partial charge in [-0.25, -0.2) is 13.6 Å². The van der Waals surface area contributed by atoms with E-state index in [2.05, 4.69) is 5.32 Å². The van der Waals surface area contributed by atoms with Crippen LogP contribution in [0.15, 0.2) is 36.4 Å². The van der Waals surface area contributed by atoms with Gasteiger partial charge in [-0.15, -0.1) is 0 Å². The van der Waals surface area contributed by atoms with Gasteiger partial charge in [0, 0.05) is 11.6 Å². The Morgan fingerprint density at radius 1 is 1.19 bits per heavy atom. The zero-order valence-electron chi connectivity index (χ0n) is 14.0. The Balaban J connectivity index is 1.62. The lowest BCUT2D eigenvalue weighted by molar-refractivity contribution is -0.139. The molecule has 0 radical (unpaired) electrons. The molecule has 1 aliphatic carbocycles. The number of carboxylic acids is 1. The Labute approximate surface area is 148 Å². The predicted molar refractivity (Wildman–Crippen MR) is 90.1 cm³/mol. The number of hydrogen-bond donors (Lipinski definition) is 2. The quantitative estimate of drug-likeness (QED) is 0.826. The Bertz CT molecular complexity index is 869. The van der Waals surface area contributed by atoms with Crippen molar-refractivity contribution in [3.8, 4) is 5.75 Å². The summed E-state index contributed by atoms with van der Waals surface area (Å²) in [6.07, 6.45) is 0.579. The van der Waals surface area contributed by atoms with E-state index in [1.54, 1.807) is 25.1 Å². The minimum absolute atomic E-state index is 0.122. The molecular formula is C19H17F2NO4. The molecule has 2 aromatic rings. The van der Waals surface area contributed by atoms with Gasteiger partial charge in [0.15, 0.2) is 18.2 Å². The van der Waals surface area contributed by atoms with E-state index < -0.39 is 24.2 Å². The Morgan fingerprint density at radius 2 is 1.96 bits per heavy atom. The summed E-state index contributed by atoms with van der Waals surface area (Å²) in [4.78, 5) is 22.9. The van der Waals surface area contributed by atoms with Crippen molar-refractivity contribution in [3.05, 3.63) is 59.2 Å². The second-order valence-electron chi connectivity index (χ2n) is 6.27. The Hall–Kier alpha value is -2.96. The maximum absolute atomic E-state index is 13.3. The summed E-state index contributed by atoms with van der Waals surface area (Å²) >= 11 is 0. The fourth-order valence-electron chi connectivity index (χ4n) is 2.83. The van der Waals surface area contributed by atoms with Gasteiger partial charge >= 0.3 is 5.97 Å². The average molecular weight is 361 g/mol. The molecule has 0 aliphatic heterocycles. The highest BCUT2D eigenvalue weighted by Crippen LogP contribution is 2.48. The zero-order chi connectivity index (χ0) is 18.8. The van der Waals surface area contributed by atoms with Gasteiger partial charge in [-0.2, -0.15) is 0 Å². The van der Waals surface area contributed by atoms with E-state index in [0.29, 0.717) is 23.4 Å². The molecule has 3 rings (SSSR count). The molecule has 0 heterocycles. The van der Waals surface area contributed by atoms with Gasteiger partial charge in [0.25, 0.3) is 0 Å². The zero-order valence-corrected chi connectivity index (χ0v) is 14.0. The summed E-state index contributed by atoms with van der Waals surface area (Å²) in [6, 6.07) is 8.55. The van der Waals surface area contributed by atoms with Gasteiger partial charge in [-0.05, 0) is 60.7 Å². The van der Waals surface area contributed by atoms with Crippen molar-refractivity contribution >= 4 is 17.6 Å². The molecule has 0 aromatic heterocycles. The number of aliphatic carboxylic acids is 1.